The summed E-state index contributed by atoms with van der Waals surface area (Å²) in [4.78, 5) is 0. The van der Waals surface area contributed by atoms with Crippen molar-refractivity contribution in [2.75, 3.05) is 13.1 Å². The van der Waals surface area contributed by atoms with Gasteiger partial charge in [0.05, 0.1) is 12.7 Å². The van der Waals surface area contributed by atoms with Crippen LogP contribution in [-0.2, 0) is 13.0 Å². The second-order valence-corrected chi connectivity index (χ2v) is 5.03. The average Bonchev–Trinajstić information content (AvgIpc) is 2.82. The molecule has 0 spiro atoms. The standard InChI is InChI=1S/C16H23N3/c1-3-9-17-10-8-15-4-6-16(7-5-15)13-19-12-14(2)11-18-19/h4-7,11-12,17H,3,8-10,13H2,1-2H3. The molecule has 3 heteroatoms. The number of aromatic nitrogens is 2. The van der Waals surface area contributed by atoms with Gasteiger partial charge in [0.2, 0.25) is 0 Å². The van der Waals surface area contributed by atoms with Crippen LogP contribution in [0.5, 0.6) is 0 Å². The van der Waals surface area contributed by atoms with E-state index < -0.39 is 0 Å². The van der Waals surface area contributed by atoms with Gasteiger partial charge in [-0.1, -0.05) is 31.2 Å². The molecule has 19 heavy (non-hydrogen) atoms. The first-order valence-corrected chi connectivity index (χ1v) is 7.05. The zero-order chi connectivity index (χ0) is 13.5. The number of benzene rings is 1. The highest BCUT2D eigenvalue weighted by Gasteiger charge is 1.98. The summed E-state index contributed by atoms with van der Waals surface area (Å²) in [7, 11) is 0. The van der Waals surface area contributed by atoms with Gasteiger partial charge in [-0.25, -0.2) is 0 Å². The highest BCUT2D eigenvalue weighted by Crippen LogP contribution is 2.07. The molecule has 0 aliphatic carbocycles. The van der Waals surface area contributed by atoms with E-state index in [9.17, 15) is 0 Å². The Morgan fingerprint density at radius 2 is 1.84 bits per heavy atom. The first-order valence-electron chi connectivity index (χ1n) is 7.05. The third-order valence-corrected chi connectivity index (χ3v) is 3.15. The van der Waals surface area contributed by atoms with Crippen LogP contribution < -0.4 is 5.32 Å². The molecule has 0 amide bonds. The monoisotopic (exact) mass is 257 g/mol. The van der Waals surface area contributed by atoms with Gasteiger partial charge in [-0.2, -0.15) is 5.10 Å². The van der Waals surface area contributed by atoms with Crippen LogP contribution in [-0.4, -0.2) is 22.9 Å². The van der Waals surface area contributed by atoms with Gasteiger partial charge in [-0.15, -0.1) is 0 Å². The summed E-state index contributed by atoms with van der Waals surface area (Å²) in [6, 6.07) is 8.84. The summed E-state index contributed by atoms with van der Waals surface area (Å²) in [5.41, 5.74) is 3.90. The first kappa shape index (κ1) is 13.8. The minimum absolute atomic E-state index is 0.849. The van der Waals surface area contributed by atoms with E-state index in [1.807, 2.05) is 10.9 Å². The maximum Gasteiger partial charge on any atom is 0.0659 e. The lowest BCUT2D eigenvalue weighted by atomic mass is 10.1. The molecule has 102 valence electrons. The molecular weight excluding hydrogens is 234 g/mol. The van der Waals surface area contributed by atoms with Gasteiger partial charge in [-0.3, -0.25) is 4.68 Å². The first-order chi connectivity index (χ1) is 9.28. The molecule has 0 unspecified atom stereocenters. The summed E-state index contributed by atoms with van der Waals surface area (Å²) in [6.45, 7) is 7.28. The van der Waals surface area contributed by atoms with Crippen molar-refractivity contribution in [1.82, 2.24) is 15.1 Å². The van der Waals surface area contributed by atoms with Crippen molar-refractivity contribution >= 4 is 0 Å². The van der Waals surface area contributed by atoms with Gasteiger partial charge in [0.15, 0.2) is 0 Å². The molecule has 0 saturated carbocycles. The smallest absolute Gasteiger partial charge is 0.0659 e. The predicted octanol–water partition coefficient (Wildman–Crippen LogP) is 2.78. The lowest BCUT2D eigenvalue weighted by Crippen LogP contribution is -2.17. The van der Waals surface area contributed by atoms with Crippen LogP contribution in [0, 0.1) is 6.92 Å². The van der Waals surface area contributed by atoms with Crippen molar-refractivity contribution < 1.29 is 0 Å². The molecule has 2 rings (SSSR count). The van der Waals surface area contributed by atoms with Gasteiger partial charge in [0.1, 0.15) is 0 Å². The molecule has 1 aromatic heterocycles. The number of aryl methyl sites for hydroxylation is 1. The summed E-state index contributed by atoms with van der Waals surface area (Å²) in [6.07, 6.45) is 6.26. The predicted molar refractivity (Wildman–Crippen MR) is 79.4 cm³/mol. The largest absolute Gasteiger partial charge is 0.316 e. The van der Waals surface area contributed by atoms with Crippen LogP contribution >= 0.6 is 0 Å². The molecular formula is C16H23N3. The third-order valence-electron chi connectivity index (χ3n) is 3.15. The van der Waals surface area contributed by atoms with E-state index in [-0.39, 0.29) is 0 Å². The fourth-order valence-electron chi connectivity index (χ4n) is 2.09. The van der Waals surface area contributed by atoms with Crippen molar-refractivity contribution in [2.24, 2.45) is 0 Å². The Balaban J connectivity index is 1.84. The van der Waals surface area contributed by atoms with Crippen LogP contribution in [0.2, 0.25) is 0 Å². The second-order valence-electron chi connectivity index (χ2n) is 5.03. The molecule has 1 N–H and O–H groups in total. The van der Waals surface area contributed by atoms with Crippen molar-refractivity contribution in [1.29, 1.82) is 0 Å². The van der Waals surface area contributed by atoms with Gasteiger partial charge in [-0.05, 0) is 49.5 Å². The van der Waals surface area contributed by atoms with E-state index >= 15 is 0 Å². The van der Waals surface area contributed by atoms with Crippen LogP contribution in [0.1, 0.15) is 30.0 Å². The van der Waals surface area contributed by atoms with Crippen molar-refractivity contribution in [3.05, 3.63) is 53.3 Å². The maximum absolute atomic E-state index is 4.31. The average molecular weight is 257 g/mol. The summed E-state index contributed by atoms with van der Waals surface area (Å²) < 4.78 is 1.98. The van der Waals surface area contributed by atoms with Crippen LogP contribution in [0.3, 0.4) is 0 Å². The molecule has 1 aromatic carbocycles. The Bertz CT molecular complexity index is 485. The second kappa shape index (κ2) is 7.10. The molecule has 0 radical (unpaired) electrons. The molecule has 2 aromatic rings. The molecule has 3 nitrogen and oxygen atoms in total. The summed E-state index contributed by atoms with van der Waals surface area (Å²) in [5.74, 6) is 0. The number of hydrogen-bond acceptors (Lipinski definition) is 2. The Hall–Kier alpha value is -1.61. The highest BCUT2D eigenvalue weighted by molar-refractivity contribution is 5.23. The Morgan fingerprint density at radius 3 is 2.47 bits per heavy atom. The van der Waals surface area contributed by atoms with E-state index in [0.717, 1.165) is 26.1 Å². The Morgan fingerprint density at radius 1 is 1.11 bits per heavy atom. The van der Waals surface area contributed by atoms with Gasteiger partial charge >= 0.3 is 0 Å². The summed E-state index contributed by atoms with van der Waals surface area (Å²) >= 11 is 0. The number of hydrogen-bond donors (Lipinski definition) is 1. The number of rotatable bonds is 7. The van der Waals surface area contributed by atoms with Crippen molar-refractivity contribution in [3.63, 3.8) is 0 Å². The fraction of sp³-hybridized carbons (Fsp3) is 0.438. The minimum atomic E-state index is 0.849. The highest BCUT2D eigenvalue weighted by atomic mass is 15.3. The van der Waals surface area contributed by atoms with Crippen molar-refractivity contribution in [3.8, 4) is 0 Å². The lowest BCUT2D eigenvalue weighted by Gasteiger charge is -2.06. The zero-order valence-corrected chi connectivity index (χ0v) is 11.9. The molecule has 0 aliphatic heterocycles. The van der Waals surface area contributed by atoms with E-state index in [1.54, 1.807) is 0 Å². The van der Waals surface area contributed by atoms with E-state index in [0.29, 0.717) is 0 Å². The van der Waals surface area contributed by atoms with E-state index in [1.165, 1.54) is 23.1 Å². The fourth-order valence-corrected chi connectivity index (χ4v) is 2.09. The Kier molecular flexibility index (Phi) is 5.16. The summed E-state index contributed by atoms with van der Waals surface area (Å²) in [5, 5.41) is 7.74. The van der Waals surface area contributed by atoms with Crippen molar-refractivity contribution in [2.45, 2.75) is 33.2 Å². The molecule has 0 fully saturated rings. The molecule has 0 atom stereocenters. The lowest BCUT2D eigenvalue weighted by molar-refractivity contribution is 0.670. The van der Waals surface area contributed by atoms with Crippen LogP contribution in [0.4, 0.5) is 0 Å². The number of nitrogens with zero attached hydrogens (tertiary/aromatic N) is 2. The Labute approximate surface area is 115 Å². The normalized spacial score (nSPS) is 10.8. The van der Waals surface area contributed by atoms with Gasteiger partial charge in [0, 0.05) is 6.20 Å². The quantitative estimate of drug-likeness (QED) is 0.773. The van der Waals surface area contributed by atoms with Gasteiger partial charge in [0.25, 0.3) is 0 Å². The van der Waals surface area contributed by atoms with Crippen LogP contribution in [0.25, 0.3) is 0 Å². The molecule has 0 aliphatic rings. The molecule has 0 saturated heterocycles. The van der Waals surface area contributed by atoms with E-state index in [2.05, 4.69) is 54.7 Å². The van der Waals surface area contributed by atoms with Gasteiger partial charge < -0.3 is 5.32 Å². The molecule has 0 bridgehead atoms. The topological polar surface area (TPSA) is 29.9 Å². The molecule has 1 heterocycles. The zero-order valence-electron chi connectivity index (χ0n) is 11.9. The minimum Gasteiger partial charge on any atom is -0.316 e. The van der Waals surface area contributed by atoms with Crippen LogP contribution in [0.15, 0.2) is 36.7 Å². The van der Waals surface area contributed by atoms with E-state index in [4.69, 9.17) is 0 Å². The number of nitrogens with one attached hydrogen (secondary N) is 1. The SMILES string of the molecule is CCCNCCc1ccc(Cn2cc(C)cn2)cc1. The maximum atomic E-state index is 4.31. The third kappa shape index (κ3) is 4.52.